The molecule has 2 atom stereocenters. The van der Waals surface area contributed by atoms with Crippen molar-refractivity contribution in [1.29, 1.82) is 0 Å². The number of halogens is 2. The molecule has 0 saturated carbocycles. The maximum absolute atomic E-state index is 16.1. The molecule has 0 spiro atoms. The van der Waals surface area contributed by atoms with Crippen molar-refractivity contribution in [1.82, 2.24) is 29.4 Å². The zero-order valence-corrected chi connectivity index (χ0v) is 28.8. The molecule has 1 amide bonds. The SMILES string of the molecule is C=CC(=O)N1Cc2cc(C3CCOc4cc(F)cc(F)c4-c4c3nc(-c3cc5cn(C)nc5cc3OC/C=C/CO)c3ccsc43)nn2CC1C. The molecule has 8 rings (SSSR count). The van der Waals surface area contributed by atoms with Crippen LogP contribution in [0.2, 0.25) is 0 Å². The third kappa shape index (κ3) is 5.75. The second-order valence-corrected chi connectivity index (χ2v) is 13.7. The molecule has 0 aliphatic carbocycles. The van der Waals surface area contributed by atoms with Crippen molar-refractivity contribution in [3.05, 3.63) is 101 Å². The van der Waals surface area contributed by atoms with E-state index in [-0.39, 0.29) is 43.1 Å². The van der Waals surface area contributed by atoms with Crippen LogP contribution in [0.4, 0.5) is 8.78 Å². The Morgan fingerprint density at radius 2 is 2.04 bits per heavy atom. The summed E-state index contributed by atoms with van der Waals surface area (Å²) in [7, 11) is 1.85. The van der Waals surface area contributed by atoms with Gasteiger partial charge in [0.05, 0.1) is 60.2 Å². The number of fused-ring (bicyclic) bond motifs is 7. The van der Waals surface area contributed by atoms with E-state index in [1.54, 1.807) is 21.7 Å². The highest BCUT2D eigenvalue weighted by molar-refractivity contribution is 7.17. The van der Waals surface area contributed by atoms with Crippen LogP contribution >= 0.6 is 11.3 Å². The molecule has 2 aliphatic rings. The summed E-state index contributed by atoms with van der Waals surface area (Å²) in [6.07, 6.45) is 7.01. The Kier molecular flexibility index (Phi) is 8.39. The molecule has 0 bridgehead atoms. The number of nitrogens with zero attached hydrogens (tertiary/aromatic N) is 6. The first kappa shape index (κ1) is 32.8. The predicted molar refractivity (Wildman–Crippen MR) is 191 cm³/mol. The fourth-order valence-corrected chi connectivity index (χ4v) is 8.10. The number of hydrogen-bond donors (Lipinski definition) is 1. The lowest BCUT2D eigenvalue weighted by Crippen LogP contribution is -2.44. The Bertz CT molecular complexity index is 2380. The summed E-state index contributed by atoms with van der Waals surface area (Å²) < 4.78 is 47.5. The van der Waals surface area contributed by atoms with Gasteiger partial charge in [0.2, 0.25) is 5.91 Å². The molecule has 260 valence electrons. The largest absolute Gasteiger partial charge is 0.493 e. The minimum absolute atomic E-state index is 0.0944. The Balaban J connectivity index is 1.37. The second-order valence-electron chi connectivity index (χ2n) is 12.8. The van der Waals surface area contributed by atoms with Crippen molar-refractivity contribution in [2.75, 3.05) is 19.8 Å². The van der Waals surface area contributed by atoms with Gasteiger partial charge in [-0.3, -0.25) is 19.1 Å². The van der Waals surface area contributed by atoms with Crippen LogP contribution in [0.25, 0.3) is 43.4 Å². The average molecular weight is 709 g/mol. The normalized spacial score (nSPS) is 17.2. The molecule has 2 aliphatic heterocycles. The number of aliphatic hydroxyl groups is 1. The summed E-state index contributed by atoms with van der Waals surface area (Å²) >= 11 is 1.44. The lowest BCUT2D eigenvalue weighted by molar-refractivity contribution is -0.129. The highest BCUT2D eigenvalue weighted by Gasteiger charge is 2.34. The van der Waals surface area contributed by atoms with E-state index in [2.05, 4.69) is 11.7 Å². The quantitative estimate of drug-likeness (QED) is 0.145. The monoisotopic (exact) mass is 708 g/mol. The van der Waals surface area contributed by atoms with Crippen LogP contribution in [0.1, 0.15) is 36.3 Å². The second kappa shape index (κ2) is 13.1. The topological polar surface area (TPSA) is 108 Å². The molecule has 0 radical (unpaired) electrons. The van der Waals surface area contributed by atoms with Crippen LogP contribution < -0.4 is 9.47 Å². The molecular formula is C38H34F2N6O4S. The summed E-state index contributed by atoms with van der Waals surface area (Å²) in [6, 6.07) is 9.80. The number of ether oxygens (including phenoxy) is 2. The number of aliphatic hydroxyl groups excluding tert-OH is 1. The fraction of sp³-hybridized carbons (Fsp3) is 0.263. The molecule has 0 fully saturated rings. The summed E-state index contributed by atoms with van der Waals surface area (Å²) in [6.45, 7) is 6.77. The van der Waals surface area contributed by atoms with E-state index in [9.17, 15) is 14.3 Å². The first-order valence-corrected chi connectivity index (χ1v) is 17.5. The van der Waals surface area contributed by atoms with Crippen LogP contribution in [0, 0.1) is 11.6 Å². The number of aromatic nitrogens is 5. The molecule has 10 nitrogen and oxygen atoms in total. The number of aryl methyl sites for hydroxylation is 1. The minimum Gasteiger partial charge on any atom is -0.493 e. The van der Waals surface area contributed by atoms with Gasteiger partial charge in [-0.15, -0.1) is 11.3 Å². The third-order valence-corrected chi connectivity index (χ3v) is 10.4. The summed E-state index contributed by atoms with van der Waals surface area (Å²) in [5, 5.41) is 22.5. The van der Waals surface area contributed by atoms with Crippen molar-refractivity contribution in [2.45, 2.75) is 38.4 Å². The van der Waals surface area contributed by atoms with Crippen LogP contribution in [0.3, 0.4) is 0 Å². The average Bonchev–Trinajstić information content (AvgIpc) is 3.84. The van der Waals surface area contributed by atoms with Crippen molar-refractivity contribution in [2.24, 2.45) is 7.05 Å². The van der Waals surface area contributed by atoms with Gasteiger partial charge in [0.25, 0.3) is 0 Å². The van der Waals surface area contributed by atoms with Gasteiger partial charge in [-0.05, 0) is 49.1 Å². The maximum Gasteiger partial charge on any atom is 0.246 e. The molecule has 51 heavy (non-hydrogen) atoms. The number of hydrogen-bond acceptors (Lipinski definition) is 8. The molecule has 6 heterocycles. The van der Waals surface area contributed by atoms with E-state index in [1.165, 1.54) is 23.5 Å². The molecule has 13 heteroatoms. The highest BCUT2D eigenvalue weighted by Crippen LogP contribution is 2.50. The third-order valence-electron chi connectivity index (χ3n) is 9.48. The number of amides is 1. The predicted octanol–water partition coefficient (Wildman–Crippen LogP) is 6.75. The van der Waals surface area contributed by atoms with Gasteiger partial charge in [-0.25, -0.2) is 8.78 Å². The van der Waals surface area contributed by atoms with E-state index in [0.29, 0.717) is 53.5 Å². The standard InChI is InChI=1S/C38H34F2N6O4S/c1-4-33(48)45-20-24-16-30(43-46(24)18-21(45)2)25-7-11-50-32-15-23(39)14-28(40)34(32)35-37(25)41-36(26-8-12-51-38(26)35)27-13-22-19-44(3)42-29(22)17-31(27)49-10-6-5-9-47/h4-6,8,12-17,19,21,25,47H,1,7,9-11,18,20H2,2-3H3/b6-5+. The molecule has 6 aromatic rings. The maximum atomic E-state index is 16.1. The molecule has 2 unspecified atom stereocenters. The summed E-state index contributed by atoms with van der Waals surface area (Å²) in [5.41, 5.74) is 4.92. The lowest BCUT2D eigenvalue weighted by Gasteiger charge is -2.33. The number of pyridine rings is 1. The van der Waals surface area contributed by atoms with Crippen LogP contribution in [0.5, 0.6) is 11.5 Å². The van der Waals surface area contributed by atoms with E-state index in [4.69, 9.17) is 19.6 Å². The van der Waals surface area contributed by atoms with Gasteiger partial charge in [0, 0.05) is 70.0 Å². The Labute approximate surface area is 295 Å². The van der Waals surface area contributed by atoms with Gasteiger partial charge in [-0.1, -0.05) is 12.7 Å². The zero-order chi connectivity index (χ0) is 35.4. The van der Waals surface area contributed by atoms with Crippen LogP contribution in [-0.2, 0) is 24.9 Å². The number of carbonyl (C=O) groups excluding carboxylic acids is 1. The zero-order valence-electron chi connectivity index (χ0n) is 28.0. The fourth-order valence-electron chi connectivity index (χ4n) is 7.14. The van der Waals surface area contributed by atoms with Crippen molar-refractivity contribution in [3.63, 3.8) is 0 Å². The smallest absolute Gasteiger partial charge is 0.246 e. The number of carbonyl (C=O) groups is 1. The molecule has 1 N–H and O–H groups in total. The Morgan fingerprint density at radius 3 is 2.86 bits per heavy atom. The van der Waals surface area contributed by atoms with Crippen molar-refractivity contribution < 1.29 is 28.2 Å². The minimum atomic E-state index is -0.746. The first-order chi connectivity index (χ1) is 24.7. The van der Waals surface area contributed by atoms with E-state index in [1.807, 2.05) is 54.5 Å². The Morgan fingerprint density at radius 1 is 1.18 bits per heavy atom. The van der Waals surface area contributed by atoms with Gasteiger partial charge in [0.1, 0.15) is 29.7 Å². The summed E-state index contributed by atoms with van der Waals surface area (Å²) in [4.78, 5) is 19.8. The molecular weight excluding hydrogens is 675 g/mol. The number of benzene rings is 2. The van der Waals surface area contributed by atoms with Crippen LogP contribution in [0.15, 0.2) is 72.8 Å². The van der Waals surface area contributed by atoms with E-state index < -0.39 is 17.6 Å². The lowest BCUT2D eigenvalue weighted by atomic mass is 9.87. The molecule has 2 aromatic carbocycles. The van der Waals surface area contributed by atoms with Gasteiger partial charge < -0.3 is 19.5 Å². The molecule has 0 saturated heterocycles. The van der Waals surface area contributed by atoms with E-state index in [0.717, 1.165) is 32.7 Å². The van der Waals surface area contributed by atoms with E-state index >= 15 is 4.39 Å². The van der Waals surface area contributed by atoms with Crippen molar-refractivity contribution in [3.8, 4) is 33.9 Å². The first-order valence-electron chi connectivity index (χ1n) is 16.6. The number of rotatable bonds is 7. The summed E-state index contributed by atoms with van der Waals surface area (Å²) in [5.74, 6) is -1.41. The van der Waals surface area contributed by atoms with Gasteiger partial charge in [0.15, 0.2) is 0 Å². The van der Waals surface area contributed by atoms with Gasteiger partial charge in [-0.2, -0.15) is 10.2 Å². The van der Waals surface area contributed by atoms with Gasteiger partial charge >= 0.3 is 0 Å². The highest BCUT2D eigenvalue weighted by atomic mass is 32.1. The van der Waals surface area contributed by atoms with Crippen LogP contribution in [-0.4, -0.2) is 66.3 Å². The number of thiophene rings is 1. The van der Waals surface area contributed by atoms with Crippen molar-refractivity contribution >= 4 is 38.2 Å². The molecule has 4 aromatic heterocycles. The Hall–Kier alpha value is -5.40.